The maximum Gasteiger partial charge on any atom is 0.123 e. The third-order valence-corrected chi connectivity index (χ3v) is 3.67. The average molecular weight is 257 g/mol. The molecule has 3 rings (SSSR count). The van der Waals surface area contributed by atoms with Crippen LogP contribution in [0.3, 0.4) is 0 Å². The van der Waals surface area contributed by atoms with Gasteiger partial charge in [-0.15, -0.1) is 0 Å². The highest BCUT2D eigenvalue weighted by molar-refractivity contribution is 5.87. The van der Waals surface area contributed by atoms with E-state index in [1.54, 1.807) is 0 Å². The normalized spacial score (nSPS) is 18.9. The Hall–Kier alpha value is -1.58. The van der Waals surface area contributed by atoms with Crippen molar-refractivity contribution in [3.63, 3.8) is 0 Å². The van der Waals surface area contributed by atoms with E-state index in [1.807, 2.05) is 18.2 Å². The second-order valence-electron chi connectivity index (χ2n) is 4.97. The molecule has 0 radical (unpaired) electrons. The van der Waals surface area contributed by atoms with Crippen molar-refractivity contribution in [2.45, 2.75) is 18.9 Å². The largest absolute Gasteiger partial charge is 0.489 e. The molecule has 2 aromatic carbocycles. The van der Waals surface area contributed by atoms with Crippen molar-refractivity contribution in [3.8, 4) is 5.75 Å². The first-order valence-corrected chi connectivity index (χ1v) is 6.87. The smallest absolute Gasteiger partial charge is 0.123 e. The van der Waals surface area contributed by atoms with Crippen molar-refractivity contribution in [2.75, 3.05) is 19.7 Å². The summed E-state index contributed by atoms with van der Waals surface area (Å²) in [5.41, 5.74) is 1.12. The van der Waals surface area contributed by atoms with Crippen LogP contribution in [-0.2, 0) is 6.42 Å². The van der Waals surface area contributed by atoms with Gasteiger partial charge in [-0.2, -0.15) is 0 Å². The molecule has 2 aromatic rings. The lowest BCUT2D eigenvalue weighted by Gasteiger charge is -2.17. The van der Waals surface area contributed by atoms with Crippen LogP contribution >= 0.6 is 0 Å². The molecular formula is C16H19NO2. The van der Waals surface area contributed by atoms with Gasteiger partial charge in [0.15, 0.2) is 0 Å². The van der Waals surface area contributed by atoms with Gasteiger partial charge >= 0.3 is 0 Å². The van der Waals surface area contributed by atoms with Gasteiger partial charge in [-0.1, -0.05) is 30.3 Å². The highest BCUT2D eigenvalue weighted by Gasteiger charge is 2.18. The molecule has 1 heterocycles. The zero-order valence-electron chi connectivity index (χ0n) is 10.9. The number of aliphatic hydroxyl groups excluding tert-OH is 1. The maximum absolute atomic E-state index is 9.30. The molecule has 1 atom stereocenters. The van der Waals surface area contributed by atoms with E-state index in [-0.39, 0.29) is 12.7 Å². The number of fused-ring (bicyclic) bond motifs is 1. The van der Waals surface area contributed by atoms with Gasteiger partial charge in [-0.25, -0.2) is 0 Å². The number of rotatable bonds is 4. The number of benzene rings is 2. The summed E-state index contributed by atoms with van der Waals surface area (Å²) in [6, 6.07) is 12.4. The van der Waals surface area contributed by atoms with Crippen molar-refractivity contribution in [3.05, 3.63) is 42.0 Å². The second-order valence-corrected chi connectivity index (χ2v) is 4.97. The number of ether oxygens (including phenoxy) is 1. The summed E-state index contributed by atoms with van der Waals surface area (Å²) in [6.45, 7) is 2.08. The minimum absolute atomic E-state index is 0.146. The van der Waals surface area contributed by atoms with Gasteiger partial charge in [0.25, 0.3) is 0 Å². The Labute approximate surface area is 113 Å². The number of hydrogen-bond acceptors (Lipinski definition) is 3. The van der Waals surface area contributed by atoms with Crippen LogP contribution in [0.5, 0.6) is 5.75 Å². The molecule has 0 aromatic heterocycles. The first-order chi connectivity index (χ1) is 9.38. The van der Waals surface area contributed by atoms with E-state index >= 15 is 0 Å². The minimum atomic E-state index is 0.146. The third kappa shape index (κ3) is 2.57. The summed E-state index contributed by atoms with van der Waals surface area (Å²) in [5.74, 6) is 0.918. The zero-order valence-corrected chi connectivity index (χ0v) is 10.9. The highest BCUT2D eigenvalue weighted by atomic mass is 16.5. The van der Waals surface area contributed by atoms with Crippen molar-refractivity contribution in [1.82, 2.24) is 5.32 Å². The molecule has 1 aliphatic heterocycles. The van der Waals surface area contributed by atoms with Crippen LogP contribution < -0.4 is 10.1 Å². The summed E-state index contributed by atoms with van der Waals surface area (Å²) < 4.78 is 6.09. The lowest BCUT2D eigenvalue weighted by Crippen LogP contribution is -2.20. The van der Waals surface area contributed by atoms with E-state index < -0.39 is 0 Å². The Bertz CT molecular complexity index is 562. The predicted molar refractivity (Wildman–Crippen MR) is 76.6 cm³/mol. The van der Waals surface area contributed by atoms with Crippen LogP contribution in [0.4, 0.5) is 0 Å². The highest BCUT2D eigenvalue weighted by Crippen LogP contribution is 2.29. The molecule has 3 heteroatoms. The van der Waals surface area contributed by atoms with Crippen LogP contribution in [-0.4, -0.2) is 30.9 Å². The third-order valence-electron chi connectivity index (χ3n) is 3.67. The van der Waals surface area contributed by atoms with Gasteiger partial charge in [0.05, 0.1) is 0 Å². The fourth-order valence-electron chi connectivity index (χ4n) is 2.70. The number of hydrogen-bond donors (Lipinski definition) is 2. The Morgan fingerprint density at radius 2 is 2.11 bits per heavy atom. The topological polar surface area (TPSA) is 41.5 Å². The first-order valence-electron chi connectivity index (χ1n) is 6.87. The fourth-order valence-corrected chi connectivity index (χ4v) is 2.70. The van der Waals surface area contributed by atoms with Gasteiger partial charge in [-0.3, -0.25) is 0 Å². The van der Waals surface area contributed by atoms with Gasteiger partial charge in [0.1, 0.15) is 11.9 Å². The summed E-state index contributed by atoms with van der Waals surface area (Å²) in [5, 5.41) is 15.0. The molecule has 1 aliphatic rings. The molecule has 3 nitrogen and oxygen atoms in total. The van der Waals surface area contributed by atoms with Crippen molar-refractivity contribution < 1.29 is 9.84 Å². The van der Waals surface area contributed by atoms with E-state index in [9.17, 15) is 5.11 Å². The minimum Gasteiger partial charge on any atom is -0.489 e. The van der Waals surface area contributed by atoms with Crippen LogP contribution in [0.1, 0.15) is 12.0 Å². The lowest BCUT2D eigenvalue weighted by atomic mass is 10.0. The van der Waals surface area contributed by atoms with Crippen molar-refractivity contribution >= 4 is 10.8 Å². The van der Waals surface area contributed by atoms with E-state index in [2.05, 4.69) is 23.5 Å². The maximum atomic E-state index is 9.30. The molecule has 0 bridgehead atoms. The molecule has 2 N–H and O–H groups in total. The van der Waals surface area contributed by atoms with E-state index in [1.165, 1.54) is 10.8 Å². The molecule has 0 spiro atoms. The van der Waals surface area contributed by atoms with E-state index in [0.29, 0.717) is 6.42 Å². The summed E-state index contributed by atoms with van der Waals surface area (Å²) in [7, 11) is 0. The summed E-state index contributed by atoms with van der Waals surface area (Å²) in [4.78, 5) is 0. The molecule has 100 valence electrons. The monoisotopic (exact) mass is 257 g/mol. The van der Waals surface area contributed by atoms with Crippen molar-refractivity contribution in [1.29, 1.82) is 0 Å². The Morgan fingerprint density at radius 3 is 2.89 bits per heavy atom. The summed E-state index contributed by atoms with van der Waals surface area (Å²) in [6.07, 6.45) is 1.93. The quantitative estimate of drug-likeness (QED) is 0.881. The van der Waals surface area contributed by atoms with E-state index in [4.69, 9.17) is 4.74 Å². The van der Waals surface area contributed by atoms with E-state index in [0.717, 1.165) is 30.8 Å². The molecule has 1 unspecified atom stereocenters. The first kappa shape index (κ1) is 12.5. The molecule has 0 saturated carbocycles. The van der Waals surface area contributed by atoms with Gasteiger partial charge in [0, 0.05) is 18.7 Å². The lowest BCUT2D eigenvalue weighted by molar-refractivity contribution is 0.219. The molecule has 1 fully saturated rings. The van der Waals surface area contributed by atoms with Gasteiger partial charge < -0.3 is 15.2 Å². The van der Waals surface area contributed by atoms with Gasteiger partial charge in [0.2, 0.25) is 0 Å². The molecular weight excluding hydrogens is 238 g/mol. The summed E-state index contributed by atoms with van der Waals surface area (Å²) >= 11 is 0. The second kappa shape index (κ2) is 5.59. The standard InChI is InChI=1S/C16H19NO2/c18-10-8-15-14-4-2-1-3-12(14)5-6-16(15)19-13-7-9-17-11-13/h1-6,13,17-18H,7-11H2. The average Bonchev–Trinajstić information content (AvgIpc) is 2.94. The number of aliphatic hydroxyl groups is 1. The van der Waals surface area contributed by atoms with Crippen LogP contribution in [0.15, 0.2) is 36.4 Å². The van der Waals surface area contributed by atoms with Crippen LogP contribution in [0.2, 0.25) is 0 Å². The van der Waals surface area contributed by atoms with Crippen LogP contribution in [0, 0.1) is 0 Å². The zero-order chi connectivity index (χ0) is 13.1. The fraction of sp³-hybridized carbons (Fsp3) is 0.375. The molecule has 19 heavy (non-hydrogen) atoms. The molecule has 1 saturated heterocycles. The molecule has 0 aliphatic carbocycles. The van der Waals surface area contributed by atoms with Gasteiger partial charge in [-0.05, 0) is 36.2 Å². The Balaban J connectivity index is 1.99. The molecule has 0 amide bonds. The van der Waals surface area contributed by atoms with Crippen LogP contribution in [0.25, 0.3) is 10.8 Å². The van der Waals surface area contributed by atoms with Crippen molar-refractivity contribution in [2.24, 2.45) is 0 Å². The SMILES string of the molecule is OCCc1c(OC2CCNC2)ccc2ccccc12. The predicted octanol–water partition coefficient (Wildman–Crippen LogP) is 2.12. The Kier molecular flexibility index (Phi) is 3.67. The number of nitrogens with one attached hydrogen (secondary N) is 1. The Morgan fingerprint density at radius 1 is 1.21 bits per heavy atom.